The molecule has 0 amide bonds. The fourth-order valence-electron chi connectivity index (χ4n) is 1.77. The van der Waals surface area contributed by atoms with Crippen LogP contribution < -0.4 is 4.90 Å². The van der Waals surface area contributed by atoms with Gasteiger partial charge in [-0.3, -0.25) is 0 Å². The van der Waals surface area contributed by atoms with Crippen molar-refractivity contribution in [3.8, 4) is 0 Å². The first-order valence-electron chi connectivity index (χ1n) is 5.45. The van der Waals surface area contributed by atoms with Crippen molar-refractivity contribution in [2.45, 2.75) is 5.88 Å². The second kappa shape index (κ2) is 5.72. The summed E-state index contributed by atoms with van der Waals surface area (Å²) in [6.45, 7) is 0. The maximum atomic E-state index is 12.9. The molecule has 0 aliphatic carbocycles. The predicted octanol–water partition coefficient (Wildman–Crippen LogP) is 5.09. The third kappa shape index (κ3) is 2.85. The zero-order valence-electron chi connectivity index (χ0n) is 9.83. The molecule has 0 spiro atoms. The van der Waals surface area contributed by atoms with Crippen molar-refractivity contribution in [1.82, 2.24) is 0 Å². The van der Waals surface area contributed by atoms with E-state index < -0.39 is 0 Å². The van der Waals surface area contributed by atoms with Gasteiger partial charge in [0, 0.05) is 28.8 Å². The van der Waals surface area contributed by atoms with Gasteiger partial charge >= 0.3 is 0 Å². The molecule has 0 saturated carbocycles. The molecule has 0 aliphatic rings. The van der Waals surface area contributed by atoms with Gasteiger partial charge in [-0.25, -0.2) is 4.39 Å². The molecule has 4 heteroatoms. The van der Waals surface area contributed by atoms with Crippen LogP contribution in [0.5, 0.6) is 0 Å². The first-order valence-corrected chi connectivity index (χ1v) is 6.78. The lowest BCUT2D eigenvalue weighted by Gasteiger charge is -2.22. The quantitative estimate of drug-likeness (QED) is 0.709. The van der Waals surface area contributed by atoms with Crippen LogP contribution >= 0.6 is 27.5 Å². The molecule has 0 radical (unpaired) electrons. The summed E-state index contributed by atoms with van der Waals surface area (Å²) in [6.07, 6.45) is 0. The van der Waals surface area contributed by atoms with Gasteiger partial charge in [-0.2, -0.15) is 0 Å². The predicted molar refractivity (Wildman–Crippen MR) is 78.2 cm³/mol. The topological polar surface area (TPSA) is 3.24 Å². The summed E-state index contributed by atoms with van der Waals surface area (Å²) in [5.74, 6) is 0.202. The molecule has 0 bridgehead atoms. The van der Waals surface area contributed by atoms with Gasteiger partial charge in [-0.1, -0.05) is 22.0 Å². The van der Waals surface area contributed by atoms with Crippen molar-refractivity contribution in [3.63, 3.8) is 0 Å². The van der Waals surface area contributed by atoms with E-state index in [0.717, 1.165) is 21.4 Å². The number of rotatable bonds is 3. The summed E-state index contributed by atoms with van der Waals surface area (Å²) in [7, 11) is 1.94. The van der Waals surface area contributed by atoms with Crippen molar-refractivity contribution in [1.29, 1.82) is 0 Å². The number of benzene rings is 2. The third-order valence-electron chi connectivity index (χ3n) is 2.77. The Morgan fingerprint density at radius 1 is 1.17 bits per heavy atom. The lowest BCUT2D eigenvalue weighted by molar-refractivity contribution is 0.628. The molecule has 0 saturated heterocycles. The molecule has 0 N–H and O–H groups in total. The highest BCUT2D eigenvalue weighted by Crippen LogP contribution is 2.30. The average molecular weight is 329 g/mol. The summed E-state index contributed by atoms with van der Waals surface area (Å²) in [6, 6.07) is 12.3. The second-order valence-electron chi connectivity index (χ2n) is 3.94. The van der Waals surface area contributed by atoms with Crippen LogP contribution in [0, 0.1) is 5.82 Å². The van der Waals surface area contributed by atoms with Crippen LogP contribution in [0.25, 0.3) is 0 Å². The Kier molecular flexibility index (Phi) is 4.25. The van der Waals surface area contributed by atoms with Crippen LogP contribution in [0.15, 0.2) is 46.9 Å². The van der Waals surface area contributed by atoms with Gasteiger partial charge in [0.1, 0.15) is 5.82 Å². The van der Waals surface area contributed by atoms with E-state index in [0.29, 0.717) is 5.88 Å². The van der Waals surface area contributed by atoms with E-state index >= 15 is 0 Å². The normalized spacial score (nSPS) is 10.4. The van der Waals surface area contributed by atoms with Gasteiger partial charge in [0.15, 0.2) is 0 Å². The Morgan fingerprint density at radius 2 is 1.83 bits per heavy atom. The Bertz CT molecular complexity index is 542. The van der Waals surface area contributed by atoms with Crippen molar-refractivity contribution < 1.29 is 4.39 Å². The molecule has 18 heavy (non-hydrogen) atoms. The minimum atomic E-state index is -0.237. The van der Waals surface area contributed by atoms with Crippen LogP contribution in [-0.4, -0.2) is 7.05 Å². The van der Waals surface area contributed by atoms with E-state index in [2.05, 4.69) is 15.9 Å². The van der Waals surface area contributed by atoms with Gasteiger partial charge in [0.25, 0.3) is 0 Å². The molecule has 2 rings (SSSR count). The molecule has 2 aromatic carbocycles. The van der Waals surface area contributed by atoms with Crippen LogP contribution in [0.4, 0.5) is 15.8 Å². The largest absolute Gasteiger partial charge is 0.344 e. The van der Waals surface area contributed by atoms with Gasteiger partial charge in [0.05, 0.1) is 0 Å². The van der Waals surface area contributed by atoms with Gasteiger partial charge in [-0.15, -0.1) is 11.6 Å². The lowest BCUT2D eigenvalue weighted by Crippen LogP contribution is -2.11. The molecule has 94 valence electrons. The Hall–Kier alpha value is -1.06. The van der Waals surface area contributed by atoms with Crippen LogP contribution in [0.1, 0.15) is 5.56 Å². The molecule has 2 aromatic rings. The van der Waals surface area contributed by atoms with E-state index in [-0.39, 0.29) is 5.82 Å². The highest BCUT2D eigenvalue weighted by Gasteiger charge is 2.09. The summed E-state index contributed by atoms with van der Waals surface area (Å²) in [5, 5.41) is 0. The molecule has 0 heterocycles. The molecule has 0 atom stereocenters. The molecular weight excluding hydrogens is 317 g/mol. The van der Waals surface area contributed by atoms with Gasteiger partial charge in [0.2, 0.25) is 0 Å². The van der Waals surface area contributed by atoms with Crippen molar-refractivity contribution in [2.75, 3.05) is 11.9 Å². The van der Waals surface area contributed by atoms with Crippen molar-refractivity contribution in [3.05, 3.63) is 58.3 Å². The summed E-state index contributed by atoms with van der Waals surface area (Å²) in [5.41, 5.74) is 2.96. The van der Waals surface area contributed by atoms with E-state index in [9.17, 15) is 4.39 Å². The Labute approximate surface area is 119 Å². The molecule has 0 unspecified atom stereocenters. The summed E-state index contributed by atoms with van der Waals surface area (Å²) in [4.78, 5) is 1.99. The second-order valence-corrected chi connectivity index (χ2v) is 5.13. The fraction of sp³-hybridized carbons (Fsp3) is 0.143. The first-order chi connectivity index (χ1) is 8.61. The SMILES string of the molecule is CN(c1ccc(F)cc1)c1cc(Br)ccc1CCl. The van der Waals surface area contributed by atoms with E-state index in [4.69, 9.17) is 11.6 Å². The van der Waals surface area contributed by atoms with E-state index in [1.807, 2.05) is 30.1 Å². The average Bonchev–Trinajstić information content (AvgIpc) is 2.39. The Morgan fingerprint density at radius 3 is 2.44 bits per heavy atom. The summed E-state index contributed by atoms with van der Waals surface area (Å²) >= 11 is 9.39. The first kappa shape index (κ1) is 13.4. The molecule has 0 fully saturated rings. The lowest BCUT2D eigenvalue weighted by atomic mass is 10.1. The highest BCUT2D eigenvalue weighted by molar-refractivity contribution is 9.10. The maximum Gasteiger partial charge on any atom is 0.123 e. The summed E-state index contributed by atoms with van der Waals surface area (Å²) < 4.78 is 13.9. The number of anilines is 2. The standard InChI is InChI=1S/C14H12BrClFN/c1-18(13-6-4-12(17)5-7-13)14-8-11(15)3-2-10(14)9-16/h2-8H,9H2,1H3. The van der Waals surface area contributed by atoms with Crippen LogP contribution in [0.3, 0.4) is 0 Å². The number of halogens is 3. The maximum absolute atomic E-state index is 12.9. The molecular formula is C14H12BrClFN. The van der Waals surface area contributed by atoms with Crippen molar-refractivity contribution >= 4 is 38.9 Å². The zero-order chi connectivity index (χ0) is 13.1. The van der Waals surface area contributed by atoms with Gasteiger partial charge < -0.3 is 4.90 Å². The highest BCUT2D eigenvalue weighted by atomic mass is 79.9. The van der Waals surface area contributed by atoms with Crippen LogP contribution in [-0.2, 0) is 5.88 Å². The Balaban J connectivity index is 2.41. The molecule has 0 aliphatic heterocycles. The minimum Gasteiger partial charge on any atom is -0.344 e. The van der Waals surface area contributed by atoms with E-state index in [1.165, 1.54) is 12.1 Å². The number of nitrogens with zero attached hydrogens (tertiary/aromatic N) is 1. The van der Waals surface area contributed by atoms with Crippen molar-refractivity contribution in [2.24, 2.45) is 0 Å². The molecule has 1 nitrogen and oxygen atoms in total. The fourth-order valence-corrected chi connectivity index (χ4v) is 2.34. The smallest absolute Gasteiger partial charge is 0.123 e. The van der Waals surface area contributed by atoms with Crippen LogP contribution in [0.2, 0.25) is 0 Å². The van der Waals surface area contributed by atoms with Gasteiger partial charge in [-0.05, 0) is 42.0 Å². The molecule has 0 aromatic heterocycles. The number of alkyl halides is 1. The third-order valence-corrected chi connectivity index (χ3v) is 3.55. The van der Waals surface area contributed by atoms with E-state index in [1.54, 1.807) is 12.1 Å². The monoisotopic (exact) mass is 327 g/mol. The minimum absolute atomic E-state index is 0.237. The number of hydrogen-bond donors (Lipinski definition) is 0. The zero-order valence-corrected chi connectivity index (χ0v) is 12.2. The number of hydrogen-bond acceptors (Lipinski definition) is 1.